The normalized spacial score (nSPS) is 26.8. The van der Waals surface area contributed by atoms with Gasteiger partial charge in [0.2, 0.25) is 0 Å². The highest BCUT2D eigenvalue weighted by Gasteiger charge is 2.42. The van der Waals surface area contributed by atoms with E-state index in [-0.39, 0.29) is 13.0 Å². The minimum Gasteiger partial charge on any atom is -0.392 e. The first-order valence-corrected chi connectivity index (χ1v) is 10.2. The Labute approximate surface area is 151 Å². The van der Waals surface area contributed by atoms with E-state index < -0.39 is 34.1 Å². The third-order valence-electron chi connectivity index (χ3n) is 5.04. The highest BCUT2D eigenvalue weighted by molar-refractivity contribution is 7.86. The summed E-state index contributed by atoms with van der Waals surface area (Å²) in [5.41, 5.74) is -0.310. The van der Waals surface area contributed by atoms with Crippen LogP contribution in [0.3, 0.4) is 0 Å². The molecule has 2 heterocycles. The van der Waals surface area contributed by atoms with Gasteiger partial charge in [-0.05, 0) is 37.0 Å². The van der Waals surface area contributed by atoms with Crippen LogP contribution in [0, 0.1) is 0 Å². The molecule has 3 rings (SSSR count). The van der Waals surface area contributed by atoms with Gasteiger partial charge in [0.05, 0.1) is 17.7 Å². The van der Waals surface area contributed by atoms with Gasteiger partial charge in [0.25, 0.3) is 10.2 Å². The lowest BCUT2D eigenvalue weighted by molar-refractivity contribution is -0.137. The van der Waals surface area contributed by atoms with Gasteiger partial charge in [0.1, 0.15) is 0 Å². The Morgan fingerprint density at radius 3 is 2.12 bits per heavy atom. The fraction of sp³-hybridized carbons (Fsp3) is 0.647. The molecule has 9 heteroatoms. The van der Waals surface area contributed by atoms with Crippen LogP contribution in [0.1, 0.15) is 49.3 Å². The third kappa shape index (κ3) is 4.05. The van der Waals surface area contributed by atoms with E-state index in [1.807, 2.05) is 0 Å². The van der Waals surface area contributed by atoms with Crippen molar-refractivity contribution in [2.45, 2.75) is 50.4 Å². The molecule has 1 aromatic carbocycles. The number of nitrogens with zero attached hydrogens (tertiary/aromatic N) is 2. The summed E-state index contributed by atoms with van der Waals surface area (Å²) in [6, 6.07) is 3.86. The Hall–Kier alpha value is -1.16. The van der Waals surface area contributed by atoms with Crippen LogP contribution < -0.4 is 0 Å². The molecule has 2 fully saturated rings. The van der Waals surface area contributed by atoms with Gasteiger partial charge in [0.15, 0.2) is 0 Å². The Kier molecular flexibility index (Phi) is 5.62. The predicted octanol–water partition coefficient (Wildman–Crippen LogP) is 2.93. The van der Waals surface area contributed by atoms with Crippen LogP contribution in [0.5, 0.6) is 0 Å². The molecule has 0 aliphatic carbocycles. The quantitative estimate of drug-likeness (QED) is 0.861. The maximum Gasteiger partial charge on any atom is 0.416 e. The van der Waals surface area contributed by atoms with Crippen LogP contribution in [0.2, 0.25) is 0 Å². The minimum absolute atomic E-state index is 0.0372. The Balaban J connectivity index is 1.86. The Bertz CT molecular complexity index is 714. The molecule has 0 saturated carbocycles. The summed E-state index contributed by atoms with van der Waals surface area (Å²) in [6.07, 6.45) is -1.54. The van der Waals surface area contributed by atoms with Crippen molar-refractivity contribution >= 4 is 10.2 Å². The van der Waals surface area contributed by atoms with E-state index in [4.69, 9.17) is 0 Å². The molecule has 146 valence electrons. The summed E-state index contributed by atoms with van der Waals surface area (Å²) in [5, 5.41) is 10.0. The number of alkyl halides is 3. The SMILES string of the molecule is O=S(=O)(N1CCCCCC1)N1C[C@@H](O)C[C@@H]1c1ccc(C(F)(F)F)cc1. The van der Waals surface area contributed by atoms with Crippen molar-refractivity contribution in [3.8, 4) is 0 Å². The van der Waals surface area contributed by atoms with E-state index in [0.717, 1.165) is 37.8 Å². The molecule has 0 aromatic heterocycles. The molecule has 0 unspecified atom stereocenters. The van der Waals surface area contributed by atoms with Crippen LogP contribution in [0.4, 0.5) is 13.2 Å². The molecule has 0 amide bonds. The summed E-state index contributed by atoms with van der Waals surface area (Å²) in [5.74, 6) is 0. The van der Waals surface area contributed by atoms with Gasteiger partial charge >= 0.3 is 6.18 Å². The van der Waals surface area contributed by atoms with Gasteiger partial charge in [-0.15, -0.1) is 0 Å². The summed E-state index contributed by atoms with van der Waals surface area (Å²) in [4.78, 5) is 0. The summed E-state index contributed by atoms with van der Waals surface area (Å²) in [7, 11) is -3.77. The minimum atomic E-state index is -4.44. The van der Waals surface area contributed by atoms with Crippen molar-refractivity contribution in [2.75, 3.05) is 19.6 Å². The van der Waals surface area contributed by atoms with E-state index >= 15 is 0 Å². The van der Waals surface area contributed by atoms with Crippen LogP contribution in [0.15, 0.2) is 24.3 Å². The maximum atomic E-state index is 13.1. The number of aliphatic hydroxyl groups excluding tert-OH is 1. The first kappa shape index (κ1) is 19.6. The average Bonchev–Trinajstić information content (AvgIpc) is 2.80. The highest BCUT2D eigenvalue weighted by Crippen LogP contribution is 2.37. The number of halogens is 3. The fourth-order valence-corrected chi connectivity index (χ4v) is 5.56. The molecule has 0 radical (unpaired) electrons. The second-order valence-corrected chi connectivity index (χ2v) is 8.80. The van der Waals surface area contributed by atoms with E-state index in [9.17, 15) is 26.7 Å². The molecule has 1 aromatic rings. The first-order chi connectivity index (χ1) is 12.2. The topological polar surface area (TPSA) is 60.9 Å². The molecule has 0 spiro atoms. The molecule has 0 bridgehead atoms. The maximum absolute atomic E-state index is 13.1. The van der Waals surface area contributed by atoms with Crippen molar-refractivity contribution in [3.63, 3.8) is 0 Å². The van der Waals surface area contributed by atoms with Crippen LogP contribution in [-0.4, -0.2) is 47.9 Å². The number of hydrogen-bond acceptors (Lipinski definition) is 3. The van der Waals surface area contributed by atoms with Crippen molar-refractivity contribution in [1.29, 1.82) is 0 Å². The summed E-state index contributed by atoms with van der Waals surface area (Å²) < 4.78 is 67.1. The van der Waals surface area contributed by atoms with Gasteiger partial charge in [-0.3, -0.25) is 0 Å². The molecule has 2 atom stereocenters. The standard InChI is InChI=1S/C17H23F3N2O3S/c18-17(19,20)14-7-5-13(6-8-14)16-11-15(23)12-22(16)26(24,25)21-9-3-1-2-4-10-21/h5-8,15-16,23H,1-4,9-12H2/t15-,16+/m0/s1. The van der Waals surface area contributed by atoms with Crippen molar-refractivity contribution < 1.29 is 26.7 Å². The van der Waals surface area contributed by atoms with E-state index in [1.54, 1.807) is 0 Å². The molecular weight excluding hydrogens is 369 g/mol. The zero-order chi connectivity index (χ0) is 18.9. The van der Waals surface area contributed by atoms with Gasteiger partial charge < -0.3 is 5.11 Å². The lowest BCUT2D eigenvalue weighted by Crippen LogP contribution is -2.44. The number of benzene rings is 1. The smallest absolute Gasteiger partial charge is 0.392 e. The molecule has 1 N–H and O–H groups in total. The predicted molar refractivity (Wildman–Crippen MR) is 90.5 cm³/mol. The molecule has 2 aliphatic rings. The average molecular weight is 392 g/mol. The van der Waals surface area contributed by atoms with Crippen molar-refractivity contribution in [3.05, 3.63) is 35.4 Å². The fourth-order valence-electron chi connectivity index (χ4n) is 3.66. The lowest BCUT2D eigenvalue weighted by Gasteiger charge is -2.30. The second-order valence-electron chi connectivity index (χ2n) is 6.92. The second kappa shape index (κ2) is 7.46. The van der Waals surface area contributed by atoms with Crippen molar-refractivity contribution in [1.82, 2.24) is 8.61 Å². The van der Waals surface area contributed by atoms with Gasteiger partial charge in [0, 0.05) is 19.6 Å². The lowest BCUT2D eigenvalue weighted by atomic mass is 10.0. The van der Waals surface area contributed by atoms with Crippen LogP contribution in [0.25, 0.3) is 0 Å². The zero-order valence-corrected chi connectivity index (χ0v) is 15.1. The number of β-amino-alcohol motifs (C(OH)–C–C–N with tert-alkyl or cyclic N) is 1. The largest absolute Gasteiger partial charge is 0.416 e. The van der Waals surface area contributed by atoms with E-state index in [2.05, 4.69) is 0 Å². The molecule has 26 heavy (non-hydrogen) atoms. The van der Waals surface area contributed by atoms with Gasteiger partial charge in [-0.2, -0.15) is 30.2 Å². The number of rotatable bonds is 3. The monoisotopic (exact) mass is 392 g/mol. The van der Waals surface area contributed by atoms with Crippen LogP contribution in [-0.2, 0) is 16.4 Å². The Morgan fingerprint density at radius 2 is 1.58 bits per heavy atom. The number of aliphatic hydroxyl groups is 1. The zero-order valence-electron chi connectivity index (χ0n) is 14.3. The van der Waals surface area contributed by atoms with E-state index in [0.29, 0.717) is 18.7 Å². The molecular formula is C17H23F3N2O3S. The Morgan fingerprint density at radius 1 is 1.00 bits per heavy atom. The van der Waals surface area contributed by atoms with E-state index in [1.165, 1.54) is 20.7 Å². The molecule has 2 aliphatic heterocycles. The van der Waals surface area contributed by atoms with Gasteiger partial charge in [-0.1, -0.05) is 25.0 Å². The summed E-state index contributed by atoms with van der Waals surface area (Å²) in [6.45, 7) is 0.841. The van der Waals surface area contributed by atoms with Crippen molar-refractivity contribution in [2.24, 2.45) is 0 Å². The molecule has 2 saturated heterocycles. The third-order valence-corrected chi connectivity index (χ3v) is 7.06. The van der Waals surface area contributed by atoms with Crippen LogP contribution >= 0.6 is 0 Å². The summed E-state index contributed by atoms with van der Waals surface area (Å²) >= 11 is 0. The first-order valence-electron chi connectivity index (χ1n) is 8.82. The van der Waals surface area contributed by atoms with Gasteiger partial charge in [-0.25, -0.2) is 0 Å². The highest BCUT2D eigenvalue weighted by atomic mass is 32.2. The number of hydrogen-bond donors (Lipinski definition) is 1. The molecule has 5 nitrogen and oxygen atoms in total.